The fourth-order valence-electron chi connectivity index (χ4n) is 5.64. The molecular formula is C33H39NO2SSi. The van der Waals surface area contributed by atoms with Crippen molar-refractivity contribution in [2.45, 2.75) is 62.6 Å². The number of aryl methyl sites for hydroxylation is 1. The van der Waals surface area contributed by atoms with Crippen LogP contribution in [0.2, 0.25) is 6.55 Å². The fourth-order valence-corrected chi connectivity index (χ4v) is 12.6. The van der Waals surface area contributed by atoms with Crippen LogP contribution in [0.5, 0.6) is 0 Å². The van der Waals surface area contributed by atoms with Crippen LogP contribution in [0, 0.1) is 6.92 Å². The quantitative estimate of drug-likeness (QED) is 0.163. The molecular weight excluding hydrogens is 503 g/mol. The van der Waals surface area contributed by atoms with Crippen LogP contribution in [0.15, 0.2) is 120 Å². The van der Waals surface area contributed by atoms with Crippen molar-refractivity contribution < 1.29 is 8.42 Å². The second-order valence-corrected chi connectivity index (χ2v) is 16.3. The van der Waals surface area contributed by atoms with Gasteiger partial charge in [-0.25, -0.2) is 13.1 Å². The lowest BCUT2D eigenvalue weighted by atomic mass is 9.99. The number of rotatable bonds is 12. The Labute approximate surface area is 230 Å². The van der Waals surface area contributed by atoms with Crippen LogP contribution in [0.25, 0.3) is 0 Å². The molecule has 0 aliphatic carbocycles. The van der Waals surface area contributed by atoms with Gasteiger partial charge in [0.2, 0.25) is 10.0 Å². The Kier molecular flexibility index (Phi) is 9.03. The van der Waals surface area contributed by atoms with E-state index in [9.17, 15) is 8.42 Å². The second kappa shape index (κ2) is 12.2. The van der Waals surface area contributed by atoms with Crippen LogP contribution in [0.1, 0.15) is 50.2 Å². The van der Waals surface area contributed by atoms with E-state index in [0.717, 1.165) is 36.8 Å². The molecule has 0 spiro atoms. The Morgan fingerprint density at radius 3 is 1.68 bits per heavy atom. The zero-order valence-corrected chi connectivity index (χ0v) is 24.5. The Balaban J connectivity index is 2.02. The van der Waals surface area contributed by atoms with Gasteiger partial charge in [-0.2, -0.15) is 0 Å². The Bertz CT molecular complexity index is 1350. The molecule has 1 atom stereocenters. The van der Waals surface area contributed by atoms with E-state index in [2.05, 4.69) is 78.9 Å². The first-order valence-corrected chi connectivity index (χ1v) is 17.6. The summed E-state index contributed by atoms with van der Waals surface area (Å²) in [6.45, 7) is 6.51. The zero-order chi connectivity index (χ0) is 27.1. The highest BCUT2D eigenvalue weighted by molar-refractivity contribution is 7.89. The zero-order valence-electron chi connectivity index (χ0n) is 22.7. The second-order valence-electron chi connectivity index (χ2n) is 10.4. The third-order valence-electron chi connectivity index (χ3n) is 7.87. The minimum absolute atomic E-state index is 0.300. The van der Waals surface area contributed by atoms with E-state index < -0.39 is 23.3 Å². The van der Waals surface area contributed by atoms with Crippen molar-refractivity contribution in [1.82, 2.24) is 4.72 Å². The maximum Gasteiger partial charge on any atom is 0.241 e. The molecule has 0 fully saturated rings. The highest BCUT2D eigenvalue weighted by Crippen LogP contribution is 2.38. The largest absolute Gasteiger partial charge is 0.241 e. The molecule has 4 rings (SSSR count). The molecule has 198 valence electrons. The molecule has 0 saturated heterocycles. The molecule has 0 amide bonds. The topological polar surface area (TPSA) is 46.2 Å². The van der Waals surface area contributed by atoms with Gasteiger partial charge in [0.05, 0.1) is 10.1 Å². The van der Waals surface area contributed by atoms with Gasteiger partial charge in [0, 0.05) is 0 Å². The Morgan fingerprint density at radius 1 is 0.684 bits per heavy atom. The Hall–Kier alpha value is -2.99. The summed E-state index contributed by atoms with van der Waals surface area (Å²) in [6, 6.07) is 38.5. The van der Waals surface area contributed by atoms with Crippen molar-refractivity contribution in [3.8, 4) is 0 Å². The molecule has 0 aliphatic heterocycles. The van der Waals surface area contributed by atoms with Crippen LogP contribution < -0.4 is 15.1 Å². The third-order valence-corrected chi connectivity index (χ3v) is 14.9. The average molecular weight is 542 g/mol. The lowest BCUT2D eigenvalue weighted by Crippen LogP contribution is -2.75. The predicted molar refractivity (Wildman–Crippen MR) is 162 cm³/mol. The van der Waals surface area contributed by atoms with Gasteiger partial charge in [-0.1, -0.05) is 158 Å². The summed E-state index contributed by atoms with van der Waals surface area (Å²) in [5.41, 5.74) is 2.06. The number of hydrogen-bond donors (Lipinski definition) is 1. The molecule has 0 aromatic heterocycles. The van der Waals surface area contributed by atoms with Crippen LogP contribution >= 0.6 is 0 Å². The minimum Gasteiger partial charge on any atom is -0.207 e. The molecule has 4 aromatic carbocycles. The van der Waals surface area contributed by atoms with Crippen LogP contribution in [-0.2, 0) is 15.2 Å². The molecule has 0 radical (unpaired) electrons. The molecule has 0 heterocycles. The van der Waals surface area contributed by atoms with Crippen LogP contribution in [0.3, 0.4) is 0 Å². The first kappa shape index (κ1) is 28.0. The average Bonchev–Trinajstić information content (AvgIpc) is 2.96. The number of hydrogen-bond acceptors (Lipinski definition) is 2. The lowest BCUT2D eigenvalue weighted by Gasteiger charge is -2.49. The molecule has 5 heteroatoms. The lowest BCUT2D eigenvalue weighted by molar-refractivity contribution is 0.456. The van der Waals surface area contributed by atoms with Gasteiger partial charge >= 0.3 is 0 Å². The van der Waals surface area contributed by atoms with Crippen molar-refractivity contribution in [2.24, 2.45) is 0 Å². The van der Waals surface area contributed by atoms with E-state index in [4.69, 9.17) is 0 Å². The molecule has 1 N–H and O–H groups in total. The smallest absolute Gasteiger partial charge is 0.207 e. The van der Waals surface area contributed by atoms with Gasteiger partial charge in [0.1, 0.15) is 8.07 Å². The maximum atomic E-state index is 14.2. The summed E-state index contributed by atoms with van der Waals surface area (Å²) in [5.74, 6) is 0. The molecule has 38 heavy (non-hydrogen) atoms. The van der Waals surface area contributed by atoms with E-state index in [1.54, 1.807) is 12.1 Å². The third kappa shape index (κ3) is 5.70. The fraction of sp³-hybridized carbons (Fsp3) is 0.273. The van der Waals surface area contributed by atoms with E-state index in [0.29, 0.717) is 11.3 Å². The molecule has 4 aromatic rings. The summed E-state index contributed by atoms with van der Waals surface area (Å²) in [4.78, 5) is 0.300. The van der Waals surface area contributed by atoms with Crippen molar-refractivity contribution in [3.63, 3.8) is 0 Å². The van der Waals surface area contributed by atoms with Crippen LogP contribution in [0.4, 0.5) is 0 Å². The van der Waals surface area contributed by atoms with Gasteiger partial charge in [0.15, 0.2) is 0 Å². The summed E-state index contributed by atoms with van der Waals surface area (Å²) >= 11 is 0. The first-order chi connectivity index (χ1) is 18.3. The van der Waals surface area contributed by atoms with Crippen molar-refractivity contribution in [1.29, 1.82) is 0 Å². The van der Waals surface area contributed by atoms with E-state index in [1.165, 1.54) is 10.4 Å². The molecule has 0 bridgehead atoms. The van der Waals surface area contributed by atoms with Crippen molar-refractivity contribution in [2.75, 3.05) is 0 Å². The van der Waals surface area contributed by atoms with Crippen molar-refractivity contribution in [3.05, 3.63) is 126 Å². The number of benzene rings is 4. The first-order valence-electron chi connectivity index (χ1n) is 13.6. The standard InChI is InChI=1S/C33H39NO2SSi/c1-4-5-6-16-27-33(29-17-10-7-11-18-29,34-37(35,36)30-25-23-28(2)24-26-30)38(3,31-19-12-8-13-20-31)32-21-14-9-15-22-32/h7-15,17-26,34H,4-6,16,27H2,1-3H3. The van der Waals surface area contributed by atoms with Crippen LogP contribution in [-0.4, -0.2) is 16.5 Å². The normalized spacial score (nSPS) is 13.7. The summed E-state index contributed by atoms with van der Waals surface area (Å²) < 4.78 is 31.9. The monoisotopic (exact) mass is 541 g/mol. The molecule has 1 unspecified atom stereocenters. The highest BCUT2D eigenvalue weighted by atomic mass is 32.2. The van der Waals surface area contributed by atoms with Gasteiger partial charge in [-0.3, -0.25) is 0 Å². The van der Waals surface area contributed by atoms with Crippen molar-refractivity contribution >= 4 is 28.5 Å². The van der Waals surface area contributed by atoms with E-state index in [-0.39, 0.29) is 0 Å². The van der Waals surface area contributed by atoms with E-state index in [1.807, 2.05) is 49.4 Å². The molecule has 0 saturated carbocycles. The number of sulfonamides is 1. The Morgan fingerprint density at radius 2 is 1.18 bits per heavy atom. The van der Waals surface area contributed by atoms with Gasteiger partial charge in [-0.05, 0) is 31.0 Å². The maximum absolute atomic E-state index is 14.2. The van der Waals surface area contributed by atoms with E-state index >= 15 is 0 Å². The summed E-state index contributed by atoms with van der Waals surface area (Å²) in [7, 11) is -6.67. The number of unbranched alkanes of at least 4 members (excludes halogenated alkanes) is 3. The summed E-state index contributed by atoms with van der Waals surface area (Å²) in [6.07, 6.45) is 4.96. The van der Waals surface area contributed by atoms with Gasteiger partial charge in [-0.15, -0.1) is 0 Å². The number of nitrogens with one attached hydrogen (secondary N) is 1. The molecule has 0 aliphatic rings. The van der Waals surface area contributed by atoms with Gasteiger partial charge in [0.25, 0.3) is 0 Å². The highest BCUT2D eigenvalue weighted by Gasteiger charge is 2.55. The minimum atomic E-state index is -3.84. The summed E-state index contributed by atoms with van der Waals surface area (Å²) in [5, 5.41) is 1.60. The SMILES string of the molecule is CCCCCCC(NS(=O)(=O)c1ccc(C)cc1)(c1ccccc1)[Si](C)(c1ccccc1)c1ccccc1. The predicted octanol–water partition coefficient (Wildman–Crippen LogP) is 6.57. The molecule has 3 nitrogen and oxygen atoms in total. The van der Waals surface area contributed by atoms with Gasteiger partial charge < -0.3 is 0 Å².